The van der Waals surface area contributed by atoms with E-state index in [1.165, 1.54) is 11.3 Å². The Morgan fingerprint density at radius 2 is 2.35 bits per heavy atom. The van der Waals surface area contributed by atoms with E-state index in [1.54, 1.807) is 19.1 Å². The number of aromatic nitrogens is 1. The van der Waals surface area contributed by atoms with Crippen molar-refractivity contribution in [1.82, 2.24) is 9.88 Å². The van der Waals surface area contributed by atoms with Crippen LogP contribution in [0.15, 0.2) is 0 Å². The molecule has 1 rings (SSSR count). The average molecular weight is 258 g/mol. The van der Waals surface area contributed by atoms with E-state index in [1.807, 2.05) is 6.92 Å². The third kappa shape index (κ3) is 3.57. The molecule has 1 aromatic heterocycles. The van der Waals surface area contributed by atoms with Crippen molar-refractivity contribution in [2.24, 2.45) is 0 Å². The molecule has 1 aromatic rings. The normalized spacial score (nSPS) is 10.3. The predicted octanol–water partition coefficient (Wildman–Crippen LogP) is 0.875. The van der Waals surface area contributed by atoms with E-state index in [0.29, 0.717) is 23.2 Å². The number of carbonyl (C=O) groups is 1. The molecule has 0 unspecified atom stereocenters. The number of hydrogen-bond acceptors (Lipinski definition) is 6. The second-order valence-corrected chi connectivity index (χ2v) is 4.48. The van der Waals surface area contributed by atoms with Crippen LogP contribution in [0.4, 0.5) is 10.9 Å². The standard InChI is InChI=1S/C10H18N4O2S/c1-4-12-10-13-8(11)7(17-10)9(15)14(2)5-6-16-3/h4-6,11H2,1-3H3,(H,12,13). The average Bonchev–Trinajstić information content (AvgIpc) is 2.66. The number of nitrogen functional groups attached to an aromatic ring is 1. The number of anilines is 2. The number of likely N-dealkylation sites (N-methyl/N-ethyl adjacent to an activating group) is 1. The van der Waals surface area contributed by atoms with Crippen molar-refractivity contribution < 1.29 is 9.53 Å². The van der Waals surface area contributed by atoms with Gasteiger partial charge in [-0.2, -0.15) is 0 Å². The Balaban J connectivity index is 2.73. The highest BCUT2D eigenvalue weighted by Crippen LogP contribution is 2.25. The van der Waals surface area contributed by atoms with Gasteiger partial charge in [0.25, 0.3) is 5.91 Å². The van der Waals surface area contributed by atoms with Gasteiger partial charge in [-0.05, 0) is 6.92 Å². The zero-order valence-corrected chi connectivity index (χ0v) is 11.1. The highest BCUT2D eigenvalue weighted by molar-refractivity contribution is 7.18. The van der Waals surface area contributed by atoms with E-state index in [-0.39, 0.29) is 11.7 Å². The van der Waals surface area contributed by atoms with Crippen LogP contribution in [0.1, 0.15) is 16.6 Å². The molecule has 0 aromatic carbocycles. The van der Waals surface area contributed by atoms with E-state index < -0.39 is 0 Å². The summed E-state index contributed by atoms with van der Waals surface area (Å²) in [4.78, 5) is 18.2. The van der Waals surface area contributed by atoms with Gasteiger partial charge in [0.1, 0.15) is 10.7 Å². The molecule has 0 aliphatic rings. The first kappa shape index (κ1) is 13.7. The molecule has 0 aliphatic heterocycles. The van der Waals surface area contributed by atoms with Crippen molar-refractivity contribution in [2.75, 3.05) is 44.9 Å². The highest BCUT2D eigenvalue weighted by atomic mass is 32.1. The van der Waals surface area contributed by atoms with Gasteiger partial charge in [0.2, 0.25) is 0 Å². The van der Waals surface area contributed by atoms with E-state index in [0.717, 1.165) is 6.54 Å². The Bertz CT molecular complexity index is 380. The van der Waals surface area contributed by atoms with E-state index >= 15 is 0 Å². The quantitative estimate of drug-likeness (QED) is 0.791. The lowest BCUT2D eigenvalue weighted by atomic mass is 10.4. The van der Waals surface area contributed by atoms with Crippen LogP contribution in [0.5, 0.6) is 0 Å². The van der Waals surface area contributed by atoms with Crippen molar-refractivity contribution in [2.45, 2.75) is 6.92 Å². The second-order valence-electron chi connectivity index (χ2n) is 3.48. The van der Waals surface area contributed by atoms with Crippen molar-refractivity contribution in [3.8, 4) is 0 Å². The number of rotatable bonds is 6. The molecule has 0 saturated carbocycles. The van der Waals surface area contributed by atoms with Crippen molar-refractivity contribution in [3.05, 3.63) is 4.88 Å². The van der Waals surface area contributed by atoms with Crippen LogP contribution in [0.2, 0.25) is 0 Å². The molecule has 7 heteroatoms. The first-order chi connectivity index (χ1) is 8.10. The molecule has 17 heavy (non-hydrogen) atoms. The van der Waals surface area contributed by atoms with Crippen LogP contribution in [-0.2, 0) is 4.74 Å². The Labute approximate surface area is 105 Å². The second kappa shape index (κ2) is 6.41. The fraction of sp³-hybridized carbons (Fsp3) is 0.600. The maximum Gasteiger partial charge on any atom is 0.267 e. The molecule has 0 radical (unpaired) electrons. The van der Waals surface area contributed by atoms with Crippen molar-refractivity contribution in [3.63, 3.8) is 0 Å². The van der Waals surface area contributed by atoms with Crippen LogP contribution < -0.4 is 11.1 Å². The van der Waals surface area contributed by atoms with Crippen LogP contribution in [-0.4, -0.2) is 49.6 Å². The van der Waals surface area contributed by atoms with E-state index in [9.17, 15) is 4.79 Å². The molecule has 96 valence electrons. The predicted molar refractivity (Wildman–Crippen MR) is 69.5 cm³/mol. The lowest BCUT2D eigenvalue weighted by Gasteiger charge is -2.15. The minimum atomic E-state index is -0.124. The maximum atomic E-state index is 12.0. The lowest BCUT2D eigenvalue weighted by Crippen LogP contribution is -2.29. The highest BCUT2D eigenvalue weighted by Gasteiger charge is 2.19. The summed E-state index contributed by atoms with van der Waals surface area (Å²) in [5.41, 5.74) is 5.72. The van der Waals surface area contributed by atoms with Gasteiger partial charge in [-0.3, -0.25) is 4.79 Å². The van der Waals surface area contributed by atoms with Crippen LogP contribution in [0.25, 0.3) is 0 Å². The molecule has 0 aliphatic carbocycles. The summed E-state index contributed by atoms with van der Waals surface area (Å²) >= 11 is 1.27. The van der Waals surface area contributed by atoms with Gasteiger partial charge in [-0.25, -0.2) is 4.98 Å². The molecule has 1 heterocycles. The third-order valence-corrected chi connectivity index (χ3v) is 3.17. The summed E-state index contributed by atoms with van der Waals surface area (Å²) in [5, 5.41) is 3.71. The third-order valence-electron chi connectivity index (χ3n) is 2.15. The minimum Gasteiger partial charge on any atom is -0.383 e. The Morgan fingerprint density at radius 3 is 2.94 bits per heavy atom. The summed E-state index contributed by atoms with van der Waals surface area (Å²) in [5.74, 6) is 0.154. The Kier molecular flexibility index (Phi) is 5.17. The number of carbonyl (C=O) groups excluding carboxylic acids is 1. The molecule has 0 saturated heterocycles. The van der Waals surface area contributed by atoms with Gasteiger partial charge in [0.05, 0.1) is 6.61 Å². The first-order valence-electron chi connectivity index (χ1n) is 5.34. The van der Waals surface area contributed by atoms with Gasteiger partial charge < -0.3 is 20.7 Å². The van der Waals surface area contributed by atoms with Crippen molar-refractivity contribution in [1.29, 1.82) is 0 Å². The Hall–Kier alpha value is -1.34. The van der Waals surface area contributed by atoms with Crippen LogP contribution >= 0.6 is 11.3 Å². The van der Waals surface area contributed by atoms with E-state index in [2.05, 4.69) is 10.3 Å². The van der Waals surface area contributed by atoms with Gasteiger partial charge >= 0.3 is 0 Å². The fourth-order valence-corrected chi connectivity index (χ4v) is 2.16. The number of methoxy groups -OCH3 is 1. The molecule has 0 spiro atoms. The zero-order valence-electron chi connectivity index (χ0n) is 10.3. The molecule has 0 fully saturated rings. The topological polar surface area (TPSA) is 80.5 Å². The van der Waals surface area contributed by atoms with Gasteiger partial charge in [0, 0.05) is 27.2 Å². The van der Waals surface area contributed by atoms with Crippen LogP contribution in [0.3, 0.4) is 0 Å². The number of amides is 1. The largest absolute Gasteiger partial charge is 0.383 e. The number of ether oxygens (including phenoxy) is 1. The molecule has 3 N–H and O–H groups in total. The van der Waals surface area contributed by atoms with Gasteiger partial charge in [-0.15, -0.1) is 0 Å². The first-order valence-corrected chi connectivity index (χ1v) is 6.16. The van der Waals surface area contributed by atoms with Crippen LogP contribution in [0, 0.1) is 0 Å². The summed E-state index contributed by atoms with van der Waals surface area (Å²) < 4.78 is 4.92. The number of nitrogens with two attached hydrogens (primary N) is 1. The summed E-state index contributed by atoms with van der Waals surface area (Å²) in [6.07, 6.45) is 0. The Morgan fingerprint density at radius 1 is 1.65 bits per heavy atom. The smallest absolute Gasteiger partial charge is 0.267 e. The van der Waals surface area contributed by atoms with Gasteiger partial charge in [0.15, 0.2) is 5.13 Å². The molecular formula is C10H18N4O2S. The zero-order chi connectivity index (χ0) is 12.8. The monoisotopic (exact) mass is 258 g/mol. The number of hydrogen-bond donors (Lipinski definition) is 2. The van der Waals surface area contributed by atoms with Crippen molar-refractivity contribution >= 4 is 28.2 Å². The summed E-state index contributed by atoms with van der Waals surface area (Å²) in [6.45, 7) is 3.74. The SMILES string of the molecule is CCNc1nc(N)c(C(=O)N(C)CCOC)s1. The maximum absolute atomic E-state index is 12.0. The molecule has 0 atom stereocenters. The van der Waals surface area contributed by atoms with E-state index in [4.69, 9.17) is 10.5 Å². The number of thiazole rings is 1. The number of nitrogens with zero attached hydrogens (tertiary/aromatic N) is 2. The molecule has 0 bridgehead atoms. The van der Waals surface area contributed by atoms with Gasteiger partial charge in [-0.1, -0.05) is 11.3 Å². The molecule has 6 nitrogen and oxygen atoms in total. The minimum absolute atomic E-state index is 0.124. The number of nitrogens with one attached hydrogen (secondary N) is 1. The molecule has 1 amide bonds. The fourth-order valence-electron chi connectivity index (χ4n) is 1.22. The lowest BCUT2D eigenvalue weighted by molar-refractivity contribution is 0.0749. The summed E-state index contributed by atoms with van der Waals surface area (Å²) in [6, 6.07) is 0. The molecular weight excluding hydrogens is 240 g/mol. The summed E-state index contributed by atoms with van der Waals surface area (Å²) in [7, 11) is 3.32.